The Morgan fingerprint density at radius 2 is 2.18 bits per heavy atom. The minimum atomic E-state index is -0.503. The third kappa shape index (κ3) is 1.95. The van der Waals surface area contributed by atoms with Crippen molar-refractivity contribution in [1.29, 1.82) is 0 Å². The van der Waals surface area contributed by atoms with E-state index in [-0.39, 0.29) is 6.04 Å². The summed E-state index contributed by atoms with van der Waals surface area (Å²) in [6.45, 7) is 2.26. The summed E-state index contributed by atoms with van der Waals surface area (Å²) in [6.07, 6.45) is 5.29. The van der Waals surface area contributed by atoms with Crippen molar-refractivity contribution in [3.8, 4) is 0 Å². The van der Waals surface area contributed by atoms with Crippen molar-refractivity contribution in [1.82, 2.24) is 0 Å². The van der Waals surface area contributed by atoms with E-state index in [1.165, 1.54) is 17.7 Å². The first kappa shape index (κ1) is 11.1. The van der Waals surface area contributed by atoms with E-state index in [0.29, 0.717) is 5.92 Å². The molecule has 0 amide bonds. The topological polar surface area (TPSA) is 32.3 Å². The van der Waals surface area contributed by atoms with Crippen LogP contribution in [0.4, 0.5) is 5.69 Å². The van der Waals surface area contributed by atoms with Crippen molar-refractivity contribution >= 4 is 5.69 Å². The Hall–Kier alpha value is -1.02. The molecule has 1 heterocycles. The molecule has 0 radical (unpaired) electrons. The maximum atomic E-state index is 10.9. The molecule has 1 aliphatic heterocycles. The molecule has 3 rings (SSSR count). The van der Waals surface area contributed by atoms with E-state index >= 15 is 0 Å². The number of hydrogen-bond donors (Lipinski definition) is 2. The molecule has 3 atom stereocenters. The molecular weight excluding hydrogens is 210 g/mol. The zero-order valence-corrected chi connectivity index (χ0v) is 10.4. The van der Waals surface area contributed by atoms with Crippen LogP contribution in [0, 0.1) is 5.92 Å². The molecule has 17 heavy (non-hydrogen) atoms. The van der Waals surface area contributed by atoms with Gasteiger partial charge in [0, 0.05) is 5.69 Å². The minimum absolute atomic E-state index is 0.211. The quantitative estimate of drug-likeness (QED) is 0.779. The number of benzene rings is 1. The number of para-hydroxylation sites is 1. The van der Waals surface area contributed by atoms with E-state index in [9.17, 15) is 5.11 Å². The van der Waals surface area contributed by atoms with Gasteiger partial charge in [0.05, 0.1) is 11.6 Å². The van der Waals surface area contributed by atoms with Crippen LogP contribution in [-0.2, 0) is 6.42 Å². The Kier molecular flexibility index (Phi) is 2.62. The Balaban J connectivity index is 1.79. The van der Waals surface area contributed by atoms with Crippen molar-refractivity contribution in [3.63, 3.8) is 0 Å². The molecule has 0 spiro atoms. The van der Waals surface area contributed by atoms with Crippen LogP contribution in [0.3, 0.4) is 0 Å². The summed E-state index contributed by atoms with van der Waals surface area (Å²) >= 11 is 0. The average Bonchev–Trinajstić information content (AvgIpc) is 2.73. The maximum Gasteiger partial charge on any atom is 0.0853 e. The summed E-state index contributed by atoms with van der Waals surface area (Å²) in [5.41, 5.74) is 2.06. The summed E-state index contributed by atoms with van der Waals surface area (Å²) in [5.74, 6) is 0.652. The molecule has 2 heteroatoms. The van der Waals surface area contributed by atoms with Crippen LogP contribution in [0.25, 0.3) is 0 Å². The number of nitrogens with one attached hydrogen (secondary N) is 1. The maximum absolute atomic E-state index is 10.9. The van der Waals surface area contributed by atoms with E-state index in [2.05, 4.69) is 36.5 Å². The molecule has 1 aliphatic carbocycles. The van der Waals surface area contributed by atoms with Crippen molar-refractivity contribution < 1.29 is 5.11 Å². The van der Waals surface area contributed by atoms with E-state index in [1.807, 2.05) is 0 Å². The number of aliphatic hydroxyl groups is 1. The fourth-order valence-corrected chi connectivity index (χ4v) is 3.50. The highest BCUT2D eigenvalue weighted by atomic mass is 16.3. The molecule has 1 aromatic carbocycles. The SMILES string of the molecule is CC1CCCC(O)(C2Cc3ccccc3N2)C1. The summed E-state index contributed by atoms with van der Waals surface area (Å²) < 4.78 is 0. The van der Waals surface area contributed by atoms with Gasteiger partial charge in [-0.25, -0.2) is 0 Å². The Morgan fingerprint density at radius 1 is 1.35 bits per heavy atom. The van der Waals surface area contributed by atoms with Gasteiger partial charge in [-0.3, -0.25) is 0 Å². The lowest BCUT2D eigenvalue weighted by Gasteiger charge is -2.40. The molecule has 0 saturated heterocycles. The second kappa shape index (κ2) is 4.02. The first-order chi connectivity index (χ1) is 8.17. The van der Waals surface area contributed by atoms with Crippen LogP contribution in [0.15, 0.2) is 24.3 Å². The standard InChI is InChI=1S/C15H21NO/c1-11-5-4-8-15(17,10-11)14-9-12-6-2-3-7-13(12)16-14/h2-3,6-7,11,14,16-17H,4-5,8-10H2,1H3. The fraction of sp³-hybridized carbons (Fsp3) is 0.600. The van der Waals surface area contributed by atoms with Crippen molar-refractivity contribution in [2.24, 2.45) is 5.92 Å². The molecule has 2 nitrogen and oxygen atoms in total. The number of hydrogen-bond acceptors (Lipinski definition) is 2. The molecule has 1 saturated carbocycles. The summed E-state index contributed by atoms with van der Waals surface area (Å²) in [6, 6.07) is 8.63. The van der Waals surface area contributed by atoms with E-state index < -0.39 is 5.60 Å². The van der Waals surface area contributed by atoms with Crippen molar-refractivity contribution in [3.05, 3.63) is 29.8 Å². The summed E-state index contributed by atoms with van der Waals surface area (Å²) in [5, 5.41) is 14.4. The van der Waals surface area contributed by atoms with Gasteiger partial charge in [0.25, 0.3) is 0 Å². The molecule has 0 bridgehead atoms. The molecule has 2 aliphatic rings. The second-order valence-electron chi connectivity index (χ2n) is 5.86. The molecule has 1 aromatic rings. The molecule has 0 aromatic heterocycles. The predicted octanol–water partition coefficient (Wildman–Crippen LogP) is 2.96. The molecule has 1 fully saturated rings. The zero-order chi connectivity index (χ0) is 11.9. The largest absolute Gasteiger partial charge is 0.388 e. The van der Waals surface area contributed by atoms with Crippen LogP contribution in [-0.4, -0.2) is 16.7 Å². The summed E-state index contributed by atoms with van der Waals surface area (Å²) in [7, 11) is 0. The van der Waals surface area contributed by atoms with Crippen LogP contribution >= 0.6 is 0 Å². The average molecular weight is 231 g/mol. The van der Waals surface area contributed by atoms with Crippen LogP contribution in [0.2, 0.25) is 0 Å². The van der Waals surface area contributed by atoms with Crippen LogP contribution in [0.1, 0.15) is 38.2 Å². The highest BCUT2D eigenvalue weighted by Crippen LogP contribution is 2.40. The predicted molar refractivity (Wildman–Crippen MR) is 70.1 cm³/mol. The highest BCUT2D eigenvalue weighted by molar-refractivity contribution is 5.57. The zero-order valence-electron chi connectivity index (χ0n) is 10.4. The first-order valence-corrected chi connectivity index (χ1v) is 6.74. The normalized spacial score (nSPS) is 36.4. The lowest BCUT2D eigenvalue weighted by molar-refractivity contribution is -0.0273. The number of fused-ring (bicyclic) bond motifs is 1. The Labute approximate surface area is 103 Å². The monoisotopic (exact) mass is 231 g/mol. The molecule has 3 unspecified atom stereocenters. The fourth-order valence-electron chi connectivity index (χ4n) is 3.50. The van der Waals surface area contributed by atoms with E-state index in [4.69, 9.17) is 0 Å². The lowest BCUT2D eigenvalue weighted by Crippen LogP contribution is -2.49. The third-order valence-electron chi connectivity index (χ3n) is 4.43. The van der Waals surface area contributed by atoms with Gasteiger partial charge in [-0.2, -0.15) is 0 Å². The molecule has 2 N–H and O–H groups in total. The van der Waals surface area contributed by atoms with Gasteiger partial charge in [0.1, 0.15) is 0 Å². The second-order valence-corrected chi connectivity index (χ2v) is 5.86. The van der Waals surface area contributed by atoms with Gasteiger partial charge in [-0.05, 0) is 36.8 Å². The number of anilines is 1. The van der Waals surface area contributed by atoms with Gasteiger partial charge in [0.15, 0.2) is 0 Å². The highest BCUT2D eigenvalue weighted by Gasteiger charge is 2.42. The van der Waals surface area contributed by atoms with Gasteiger partial charge in [0.2, 0.25) is 0 Å². The molecular formula is C15H21NO. The van der Waals surface area contributed by atoms with Crippen LogP contribution < -0.4 is 5.32 Å². The Morgan fingerprint density at radius 3 is 2.94 bits per heavy atom. The third-order valence-corrected chi connectivity index (χ3v) is 4.43. The molecule has 92 valence electrons. The van der Waals surface area contributed by atoms with Crippen LogP contribution in [0.5, 0.6) is 0 Å². The Bertz CT molecular complexity index is 392. The van der Waals surface area contributed by atoms with E-state index in [0.717, 1.165) is 25.7 Å². The van der Waals surface area contributed by atoms with Crippen molar-refractivity contribution in [2.45, 2.75) is 50.7 Å². The summed E-state index contributed by atoms with van der Waals surface area (Å²) in [4.78, 5) is 0. The van der Waals surface area contributed by atoms with Gasteiger partial charge < -0.3 is 10.4 Å². The first-order valence-electron chi connectivity index (χ1n) is 6.74. The van der Waals surface area contributed by atoms with Gasteiger partial charge in [-0.15, -0.1) is 0 Å². The number of rotatable bonds is 1. The lowest BCUT2D eigenvalue weighted by atomic mass is 9.74. The van der Waals surface area contributed by atoms with Gasteiger partial charge >= 0.3 is 0 Å². The van der Waals surface area contributed by atoms with Gasteiger partial charge in [-0.1, -0.05) is 38.0 Å². The van der Waals surface area contributed by atoms with E-state index in [1.54, 1.807) is 0 Å². The minimum Gasteiger partial charge on any atom is -0.388 e. The smallest absolute Gasteiger partial charge is 0.0853 e. The van der Waals surface area contributed by atoms with Crippen molar-refractivity contribution in [2.75, 3.05) is 5.32 Å².